The average Bonchev–Trinajstić information content (AvgIpc) is 3.38. The molecule has 0 bridgehead atoms. The second-order valence-electron chi connectivity index (χ2n) is 7.98. The molecule has 2 aromatic heterocycles. The van der Waals surface area contributed by atoms with Crippen molar-refractivity contribution in [2.45, 2.75) is 26.8 Å². The molecule has 1 N–H and O–H groups in total. The maximum atomic E-state index is 4.98. The summed E-state index contributed by atoms with van der Waals surface area (Å²) >= 11 is 1.70. The topological polar surface area (TPSA) is 33.1 Å². The lowest BCUT2D eigenvalue weighted by atomic mass is 10.1. The summed E-state index contributed by atoms with van der Waals surface area (Å²) in [6.07, 6.45) is 3.08. The molecule has 3 nitrogen and oxygen atoms in total. The lowest BCUT2D eigenvalue weighted by molar-refractivity contribution is 0.686. The van der Waals surface area contributed by atoms with Gasteiger partial charge >= 0.3 is 0 Å². The number of fused-ring (bicyclic) bond motifs is 1. The highest BCUT2D eigenvalue weighted by atomic mass is 32.1. The van der Waals surface area contributed by atoms with Crippen LogP contribution in [0.4, 0.5) is 5.69 Å². The SMILES string of the molecule is Cc1ccc(N=c2scc(-c3ccc(C)cc3)n2CCc2c[nH]c3ccccc23)cc1. The quantitative estimate of drug-likeness (QED) is 0.323. The lowest BCUT2D eigenvalue weighted by Gasteiger charge is -2.10. The molecule has 5 aromatic rings. The maximum Gasteiger partial charge on any atom is 0.190 e. The molecular weight excluding hydrogens is 398 g/mol. The number of hydrogen-bond acceptors (Lipinski definition) is 2. The van der Waals surface area contributed by atoms with Gasteiger partial charge in [0.15, 0.2) is 4.80 Å². The summed E-state index contributed by atoms with van der Waals surface area (Å²) in [5.41, 5.74) is 8.48. The van der Waals surface area contributed by atoms with Gasteiger partial charge in [0.05, 0.1) is 11.4 Å². The van der Waals surface area contributed by atoms with E-state index >= 15 is 0 Å². The van der Waals surface area contributed by atoms with Crippen LogP contribution < -0.4 is 4.80 Å². The van der Waals surface area contributed by atoms with Gasteiger partial charge in [0.25, 0.3) is 0 Å². The molecule has 0 fully saturated rings. The van der Waals surface area contributed by atoms with E-state index in [9.17, 15) is 0 Å². The van der Waals surface area contributed by atoms with Crippen molar-refractivity contribution < 1.29 is 0 Å². The van der Waals surface area contributed by atoms with Crippen molar-refractivity contribution in [3.8, 4) is 11.3 Å². The van der Waals surface area contributed by atoms with Crippen molar-refractivity contribution in [1.29, 1.82) is 0 Å². The minimum atomic E-state index is 0.874. The summed E-state index contributed by atoms with van der Waals surface area (Å²) in [6, 6.07) is 25.7. The minimum absolute atomic E-state index is 0.874. The molecule has 4 heteroatoms. The highest BCUT2D eigenvalue weighted by molar-refractivity contribution is 7.07. The Morgan fingerprint density at radius 3 is 2.35 bits per heavy atom. The van der Waals surface area contributed by atoms with E-state index in [1.54, 1.807) is 11.3 Å². The Labute approximate surface area is 186 Å². The minimum Gasteiger partial charge on any atom is -0.361 e. The van der Waals surface area contributed by atoms with E-state index < -0.39 is 0 Å². The van der Waals surface area contributed by atoms with Crippen LogP contribution in [0.2, 0.25) is 0 Å². The van der Waals surface area contributed by atoms with Gasteiger partial charge in [0, 0.05) is 29.0 Å². The van der Waals surface area contributed by atoms with Crippen molar-refractivity contribution in [2.24, 2.45) is 4.99 Å². The number of hydrogen-bond donors (Lipinski definition) is 1. The number of aromatic nitrogens is 2. The maximum absolute atomic E-state index is 4.98. The molecule has 5 rings (SSSR count). The number of benzene rings is 3. The van der Waals surface area contributed by atoms with Crippen LogP contribution in [0.5, 0.6) is 0 Å². The van der Waals surface area contributed by atoms with Gasteiger partial charge in [-0.1, -0.05) is 65.7 Å². The van der Waals surface area contributed by atoms with E-state index in [2.05, 4.69) is 108 Å². The van der Waals surface area contributed by atoms with Crippen molar-refractivity contribution in [3.63, 3.8) is 0 Å². The smallest absolute Gasteiger partial charge is 0.190 e. The van der Waals surface area contributed by atoms with Gasteiger partial charge in [0.1, 0.15) is 0 Å². The Hall–Kier alpha value is -3.37. The average molecular weight is 424 g/mol. The summed E-state index contributed by atoms with van der Waals surface area (Å²) in [7, 11) is 0. The summed E-state index contributed by atoms with van der Waals surface area (Å²) in [5, 5.41) is 3.53. The van der Waals surface area contributed by atoms with Crippen LogP contribution in [-0.4, -0.2) is 9.55 Å². The van der Waals surface area contributed by atoms with E-state index in [-0.39, 0.29) is 0 Å². The molecule has 0 unspecified atom stereocenters. The molecule has 154 valence electrons. The molecule has 0 radical (unpaired) electrons. The van der Waals surface area contributed by atoms with E-state index in [4.69, 9.17) is 4.99 Å². The zero-order chi connectivity index (χ0) is 21.2. The Morgan fingerprint density at radius 1 is 0.871 bits per heavy atom. The largest absolute Gasteiger partial charge is 0.361 e. The van der Waals surface area contributed by atoms with E-state index in [1.807, 2.05) is 0 Å². The van der Waals surface area contributed by atoms with Crippen molar-refractivity contribution >= 4 is 27.9 Å². The normalized spacial score (nSPS) is 12.0. The first-order valence-electron chi connectivity index (χ1n) is 10.6. The van der Waals surface area contributed by atoms with Gasteiger partial charge in [-0.25, -0.2) is 4.99 Å². The number of rotatable bonds is 5. The number of H-pyrrole nitrogens is 1. The van der Waals surface area contributed by atoms with Gasteiger partial charge in [-0.2, -0.15) is 0 Å². The molecular formula is C27H25N3S. The van der Waals surface area contributed by atoms with E-state index in [0.717, 1.165) is 23.5 Å². The number of para-hydroxylation sites is 1. The number of aryl methyl sites for hydroxylation is 3. The molecule has 3 aromatic carbocycles. The predicted octanol–water partition coefficient (Wildman–Crippen LogP) is 6.79. The molecule has 0 saturated carbocycles. The van der Waals surface area contributed by atoms with E-state index in [1.165, 1.54) is 38.9 Å². The van der Waals surface area contributed by atoms with Crippen molar-refractivity contribution in [1.82, 2.24) is 9.55 Å². The summed E-state index contributed by atoms with van der Waals surface area (Å²) in [5.74, 6) is 0. The third-order valence-electron chi connectivity index (χ3n) is 5.68. The van der Waals surface area contributed by atoms with Gasteiger partial charge in [-0.3, -0.25) is 0 Å². The fourth-order valence-electron chi connectivity index (χ4n) is 3.89. The Balaban J connectivity index is 1.56. The number of nitrogens with one attached hydrogen (secondary N) is 1. The number of aromatic amines is 1. The van der Waals surface area contributed by atoms with Crippen molar-refractivity contribution in [3.05, 3.63) is 106 Å². The van der Waals surface area contributed by atoms with Gasteiger partial charge < -0.3 is 9.55 Å². The zero-order valence-corrected chi connectivity index (χ0v) is 18.6. The fraction of sp³-hybridized carbons (Fsp3) is 0.148. The third-order valence-corrected chi connectivity index (χ3v) is 6.55. The summed E-state index contributed by atoms with van der Waals surface area (Å²) < 4.78 is 2.36. The van der Waals surface area contributed by atoms with Crippen LogP contribution in [0.3, 0.4) is 0 Å². The van der Waals surface area contributed by atoms with Crippen molar-refractivity contribution in [2.75, 3.05) is 0 Å². The van der Waals surface area contributed by atoms with Crippen LogP contribution >= 0.6 is 11.3 Å². The first kappa shape index (κ1) is 19.6. The second kappa shape index (κ2) is 8.40. The van der Waals surface area contributed by atoms with Gasteiger partial charge in [0.2, 0.25) is 0 Å². The molecule has 0 amide bonds. The first-order valence-corrected chi connectivity index (χ1v) is 11.5. The van der Waals surface area contributed by atoms with Crippen LogP contribution in [0.25, 0.3) is 22.2 Å². The Kier molecular flexibility index (Phi) is 5.31. The highest BCUT2D eigenvalue weighted by Crippen LogP contribution is 2.24. The standard InChI is InChI=1S/C27H25N3S/c1-19-7-11-21(12-8-19)26-18-31-27(29-23-13-9-20(2)10-14-23)30(26)16-15-22-17-28-25-6-4-3-5-24(22)25/h3-14,17-18,28H,15-16H2,1-2H3. The van der Waals surface area contributed by atoms with Crippen LogP contribution in [0, 0.1) is 13.8 Å². The van der Waals surface area contributed by atoms with Crippen LogP contribution in [0.1, 0.15) is 16.7 Å². The van der Waals surface area contributed by atoms with Gasteiger partial charge in [-0.05, 0) is 49.6 Å². The first-order chi connectivity index (χ1) is 15.2. The summed E-state index contributed by atoms with van der Waals surface area (Å²) in [6.45, 7) is 5.10. The third kappa shape index (κ3) is 4.12. The Morgan fingerprint density at radius 2 is 1.58 bits per heavy atom. The number of nitrogens with zero attached hydrogens (tertiary/aromatic N) is 2. The van der Waals surface area contributed by atoms with E-state index in [0.29, 0.717) is 0 Å². The zero-order valence-electron chi connectivity index (χ0n) is 17.8. The predicted molar refractivity (Wildman–Crippen MR) is 131 cm³/mol. The molecule has 0 spiro atoms. The monoisotopic (exact) mass is 423 g/mol. The fourth-order valence-corrected chi connectivity index (χ4v) is 4.85. The lowest BCUT2D eigenvalue weighted by Crippen LogP contribution is -2.17. The molecule has 0 saturated heterocycles. The molecule has 2 heterocycles. The molecule has 0 aliphatic rings. The molecule has 0 atom stereocenters. The molecule has 0 aliphatic carbocycles. The number of thiazole rings is 1. The highest BCUT2D eigenvalue weighted by Gasteiger charge is 2.10. The van der Waals surface area contributed by atoms with Crippen LogP contribution in [-0.2, 0) is 13.0 Å². The molecule has 0 aliphatic heterocycles. The van der Waals surface area contributed by atoms with Gasteiger partial charge in [-0.15, -0.1) is 11.3 Å². The Bertz CT molecular complexity index is 1380. The molecule has 31 heavy (non-hydrogen) atoms. The summed E-state index contributed by atoms with van der Waals surface area (Å²) in [4.78, 5) is 9.41. The van der Waals surface area contributed by atoms with Crippen LogP contribution in [0.15, 0.2) is 89.4 Å². The second-order valence-corrected chi connectivity index (χ2v) is 8.81.